The maximum atomic E-state index is 14.8. The number of carbonyl (C=O) groups excluding carboxylic acids is 3. The highest BCUT2D eigenvalue weighted by Gasteiger charge is 2.79. The Morgan fingerprint density at radius 3 is 2.58 bits per heavy atom. The lowest BCUT2D eigenvalue weighted by Crippen LogP contribution is -2.56. The van der Waals surface area contributed by atoms with E-state index in [4.69, 9.17) is 9.47 Å². The molecule has 3 heterocycles. The van der Waals surface area contributed by atoms with Crippen LogP contribution in [0, 0.1) is 11.8 Å². The Morgan fingerprint density at radius 2 is 1.86 bits per heavy atom. The minimum absolute atomic E-state index is 0.125. The second-order valence-corrected chi connectivity index (χ2v) is 12.0. The van der Waals surface area contributed by atoms with Crippen LogP contribution in [-0.2, 0) is 23.9 Å². The van der Waals surface area contributed by atoms with Crippen LogP contribution in [0.3, 0.4) is 0 Å². The minimum atomic E-state index is -1.12. The van der Waals surface area contributed by atoms with Gasteiger partial charge in [0, 0.05) is 25.4 Å². The van der Waals surface area contributed by atoms with E-state index in [1.54, 1.807) is 22.0 Å². The average molecular weight is 589 g/mol. The molecule has 0 radical (unpaired) electrons. The van der Waals surface area contributed by atoms with Crippen molar-refractivity contribution in [2.75, 3.05) is 31.2 Å². The summed E-state index contributed by atoms with van der Waals surface area (Å²) in [5, 5.41) is 11.3. The van der Waals surface area contributed by atoms with Gasteiger partial charge >= 0.3 is 5.97 Å². The van der Waals surface area contributed by atoms with Crippen LogP contribution in [0.5, 0.6) is 0 Å². The van der Waals surface area contributed by atoms with Gasteiger partial charge in [0.05, 0.1) is 18.1 Å². The van der Waals surface area contributed by atoms with E-state index in [1.165, 1.54) is 0 Å². The number of hydrogen-bond donors (Lipinski definition) is 1. The fourth-order valence-corrected chi connectivity index (χ4v) is 7.62. The van der Waals surface area contributed by atoms with Crippen LogP contribution in [0.4, 0.5) is 5.69 Å². The Bertz CT molecular complexity index is 1380. The van der Waals surface area contributed by atoms with Crippen molar-refractivity contribution in [1.29, 1.82) is 0 Å². The fourth-order valence-electron chi connectivity index (χ4n) is 7.62. The summed E-state index contributed by atoms with van der Waals surface area (Å²) in [5.74, 6) is -2.43. The third-order valence-corrected chi connectivity index (χ3v) is 9.66. The van der Waals surface area contributed by atoms with E-state index in [0.717, 1.165) is 29.3 Å². The van der Waals surface area contributed by atoms with Crippen LogP contribution in [0.2, 0.25) is 0 Å². The van der Waals surface area contributed by atoms with Gasteiger partial charge in [-0.15, -0.1) is 13.2 Å². The van der Waals surface area contributed by atoms with Crippen LogP contribution in [0.15, 0.2) is 67.8 Å². The van der Waals surface area contributed by atoms with E-state index in [2.05, 4.69) is 13.2 Å². The van der Waals surface area contributed by atoms with Gasteiger partial charge in [-0.3, -0.25) is 14.4 Å². The van der Waals surface area contributed by atoms with E-state index in [0.29, 0.717) is 45.1 Å². The summed E-state index contributed by atoms with van der Waals surface area (Å²) in [7, 11) is 0. The monoisotopic (exact) mass is 588 g/mol. The number of amides is 2. The molecule has 230 valence electrons. The predicted octanol–water partition coefficient (Wildman–Crippen LogP) is 5.19. The minimum Gasteiger partial charge on any atom is -0.465 e. The van der Waals surface area contributed by atoms with E-state index >= 15 is 0 Å². The smallest absolute Gasteiger partial charge is 0.312 e. The molecule has 8 heteroatoms. The first-order valence-electron chi connectivity index (χ1n) is 15.7. The molecule has 3 saturated heterocycles. The number of aliphatic hydroxyl groups is 1. The number of likely N-dealkylation sites (tertiary alicyclic amines) is 1. The average Bonchev–Trinajstić information content (AvgIpc) is 3.63. The zero-order chi connectivity index (χ0) is 30.6. The number of hydrogen-bond acceptors (Lipinski definition) is 6. The molecule has 2 aromatic rings. The van der Waals surface area contributed by atoms with E-state index in [1.807, 2.05) is 49.4 Å². The maximum absolute atomic E-state index is 14.8. The Morgan fingerprint density at radius 1 is 1.09 bits per heavy atom. The Hall–Kier alpha value is -3.49. The van der Waals surface area contributed by atoms with E-state index in [9.17, 15) is 19.5 Å². The first kappa shape index (κ1) is 31.0. The summed E-state index contributed by atoms with van der Waals surface area (Å²) in [6.07, 6.45) is 8.58. The lowest BCUT2D eigenvalue weighted by molar-refractivity contribution is -0.160. The molecule has 3 aliphatic rings. The molecule has 2 aromatic carbocycles. The third kappa shape index (κ3) is 5.40. The number of benzene rings is 2. The second kappa shape index (κ2) is 13.0. The van der Waals surface area contributed by atoms with Crippen molar-refractivity contribution in [2.24, 2.45) is 11.8 Å². The molecule has 5 rings (SSSR count). The number of fused-ring (bicyclic) bond motifs is 2. The molecule has 43 heavy (non-hydrogen) atoms. The molecule has 2 bridgehead atoms. The highest BCUT2D eigenvalue weighted by atomic mass is 16.6. The number of nitrogens with zero attached hydrogens (tertiary/aromatic N) is 2. The van der Waals surface area contributed by atoms with Crippen molar-refractivity contribution >= 4 is 34.2 Å². The van der Waals surface area contributed by atoms with E-state index < -0.39 is 35.0 Å². The van der Waals surface area contributed by atoms with Gasteiger partial charge in [0.2, 0.25) is 5.91 Å². The normalized spacial score (nSPS) is 27.3. The van der Waals surface area contributed by atoms with Gasteiger partial charge in [0.25, 0.3) is 5.91 Å². The van der Waals surface area contributed by atoms with Crippen molar-refractivity contribution in [3.63, 3.8) is 0 Å². The van der Waals surface area contributed by atoms with Crippen molar-refractivity contribution in [1.82, 2.24) is 4.90 Å². The van der Waals surface area contributed by atoms with Crippen LogP contribution in [0.25, 0.3) is 10.8 Å². The summed E-state index contributed by atoms with van der Waals surface area (Å²) in [5.41, 5.74) is -1.24. The summed E-state index contributed by atoms with van der Waals surface area (Å²) >= 11 is 0. The lowest BCUT2D eigenvalue weighted by atomic mass is 9.65. The Labute approximate surface area is 254 Å². The second-order valence-electron chi connectivity index (χ2n) is 12.0. The van der Waals surface area contributed by atoms with Gasteiger partial charge in [-0.2, -0.15) is 0 Å². The molecular weight excluding hydrogens is 544 g/mol. The number of unbranched alkanes of at least 4 members (excludes halogenated alkanes) is 3. The van der Waals surface area contributed by atoms with Gasteiger partial charge in [0.1, 0.15) is 17.6 Å². The zero-order valence-corrected chi connectivity index (χ0v) is 25.2. The van der Waals surface area contributed by atoms with Crippen LogP contribution < -0.4 is 4.90 Å². The summed E-state index contributed by atoms with van der Waals surface area (Å²) in [4.78, 5) is 46.2. The Kier molecular flexibility index (Phi) is 9.37. The van der Waals surface area contributed by atoms with Crippen LogP contribution in [-0.4, -0.2) is 71.3 Å². The number of aliphatic hydroxyl groups excluding tert-OH is 1. The summed E-state index contributed by atoms with van der Waals surface area (Å²) < 4.78 is 12.5. The highest BCUT2D eigenvalue weighted by Crippen LogP contribution is 2.64. The summed E-state index contributed by atoms with van der Waals surface area (Å²) in [6.45, 7) is 10.6. The molecule has 3 fully saturated rings. The van der Waals surface area contributed by atoms with Crippen molar-refractivity contribution in [3.05, 3.63) is 67.8 Å². The highest BCUT2D eigenvalue weighted by molar-refractivity contribution is 6.05. The van der Waals surface area contributed by atoms with Gasteiger partial charge in [-0.1, -0.05) is 62.2 Å². The predicted molar refractivity (Wildman–Crippen MR) is 166 cm³/mol. The number of carbonyl (C=O) groups is 3. The molecule has 2 amide bonds. The fraction of sp³-hybridized carbons (Fsp3) is 0.514. The quantitative estimate of drug-likeness (QED) is 0.175. The molecule has 2 unspecified atom stereocenters. The molecule has 0 aromatic heterocycles. The number of esters is 1. The number of ether oxygens (including phenoxy) is 2. The standard InChI is InChI=1S/C35H44N2O6/c1-4-7-23-42-33(41)29-28-31(39)37(21-12-8-9-13-22-38)30(35(28)19-18-34(29,6-3)43-35)32(40)36(20-5-2)27-17-16-25-14-10-11-15-26(25)24-27/h4-5,10-11,14-17,24,28-30,38H,1-2,6-9,12-13,18-23H2,3H3/t28-,29+,30?,34-,35?/m0/s1. The SMILES string of the molecule is C=CCCOC(=O)[C@H]1[C@H]2C(=O)N(CCCCCCO)C(C(=O)N(CC=C)c3ccc4ccccc4c3)C23CC[C@]1(CC)O3. The van der Waals surface area contributed by atoms with Crippen molar-refractivity contribution in [2.45, 2.75) is 75.5 Å². The zero-order valence-electron chi connectivity index (χ0n) is 25.2. The lowest BCUT2D eigenvalue weighted by Gasteiger charge is -2.37. The molecule has 1 N–H and O–H groups in total. The van der Waals surface area contributed by atoms with Gasteiger partial charge in [0.15, 0.2) is 0 Å². The number of rotatable bonds is 15. The molecule has 5 atom stereocenters. The van der Waals surface area contributed by atoms with Gasteiger partial charge in [-0.25, -0.2) is 0 Å². The summed E-state index contributed by atoms with van der Waals surface area (Å²) in [6, 6.07) is 13.0. The molecule has 0 aliphatic carbocycles. The van der Waals surface area contributed by atoms with Gasteiger partial charge < -0.3 is 24.4 Å². The third-order valence-electron chi connectivity index (χ3n) is 9.66. The van der Waals surface area contributed by atoms with Crippen LogP contribution in [0.1, 0.15) is 58.3 Å². The van der Waals surface area contributed by atoms with Crippen LogP contribution >= 0.6 is 0 Å². The molecular formula is C35H44N2O6. The molecule has 8 nitrogen and oxygen atoms in total. The van der Waals surface area contributed by atoms with Crippen molar-refractivity contribution in [3.8, 4) is 0 Å². The molecule has 0 saturated carbocycles. The first-order chi connectivity index (χ1) is 20.9. The molecule has 3 aliphatic heterocycles. The topological polar surface area (TPSA) is 96.4 Å². The van der Waals surface area contributed by atoms with E-state index in [-0.39, 0.29) is 31.6 Å². The molecule has 1 spiro atoms. The Balaban J connectivity index is 1.54. The largest absolute Gasteiger partial charge is 0.465 e. The van der Waals surface area contributed by atoms with Crippen molar-refractivity contribution < 1.29 is 29.0 Å². The maximum Gasteiger partial charge on any atom is 0.312 e. The van der Waals surface area contributed by atoms with Gasteiger partial charge in [-0.05, 0) is 61.4 Å². The number of anilines is 1. The first-order valence-corrected chi connectivity index (χ1v) is 15.7.